The second-order valence-electron chi connectivity index (χ2n) is 5.27. The summed E-state index contributed by atoms with van der Waals surface area (Å²) < 4.78 is 5.19. The minimum atomic E-state index is -0.146. The first-order chi connectivity index (χ1) is 12.1. The number of methoxy groups -OCH3 is 1. The van der Waals surface area contributed by atoms with Crippen LogP contribution < -0.4 is 10.1 Å². The second kappa shape index (κ2) is 7.63. The fraction of sp³-hybridized carbons (Fsp3) is 0.167. The van der Waals surface area contributed by atoms with Crippen molar-refractivity contribution >= 4 is 28.8 Å². The Morgan fingerprint density at radius 1 is 1.28 bits per heavy atom. The number of amides is 1. The van der Waals surface area contributed by atoms with Crippen LogP contribution in [0, 0.1) is 6.92 Å². The van der Waals surface area contributed by atoms with Crippen molar-refractivity contribution in [1.29, 1.82) is 0 Å². The molecule has 2 heterocycles. The minimum absolute atomic E-state index is 0.146. The molecule has 1 N–H and O–H groups in total. The number of thiazole rings is 1. The van der Waals surface area contributed by atoms with Gasteiger partial charge in [-0.25, -0.2) is 4.98 Å². The lowest BCUT2D eigenvalue weighted by atomic mass is 10.1. The number of carbonyl (C=O) groups is 1. The van der Waals surface area contributed by atoms with Gasteiger partial charge >= 0.3 is 0 Å². The van der Waals surface area contributed by atoms with E-state index in [2.05, 4.69) is 15.3 Å². The number of rotatable bonds is 5. The monoisotopic (exact) mass is 373 g/mol. The van der Waals surface area contributed by atoms with Gasteiger partial charge in [0.05, 0.1) is 34.3 Å². The molecule has 3 aromatic rings. The lowest BCUT2D eigenvalue weighted by Crippen LogP contribution is -2.22. The van der Waals surface area contributed by atoms with Gasteiger partial charge in [-0.1, -0.05) is 11.6 Å². The van der Waals surface area contributed by atoms with E-state index in [-0.39, 0.29) is 5.91 Å². The zero-order valence-corrected chi connectivity index (χ0v) is 15.3. The Hall–Kier alpha value is -2.44. The van der Waals surface area contributed by atoms with E-state index >= 15 is 0 Å². The first-order valence-corrected chi connectivity index (χ1v) is 8.76. The molecule has 1 aromatic carbocycles. The number of hydrogen-bond donors (Lipinski definition) is 1. The average molecular weight is 374 g/mol. The van der Waals surface area contributed by atoms with Crippen LogP contribution in [0.15, 0.2) is 42.7 Å². The summed E-state index contributed by atoms with van der Waals surface area (Å²) in [7, 11) is 1.58. The molecule has 2 aromatic heterocycles. The van der Waals surface area contributed by atoms with E-state index in [1.165, 1.54) is 0 Å². The zero-order chi connectivity index (χ0) is 17.8. The number of benzene rings is 1. The van der Waals surface area contributed by atoms with Crippen molar-refractivity contribution in [3.8, 4) is 17.0 Å². The largest absolute Gasteiger partial charge is 0.495 e. The number of halogens is 1. The summed E-state index contributed by atoms with van der Waals surface area (Å²) in [5.41, 5.74) is 2.29. The van der Waals surface area contributed by atoms with Gasteiger partial charge in [0.1, 0.15) is 5.75 Å². The molecule has 1 amide bonds. The van der Waals surface area contributed by atoms with Crippen LogP contribution in [0.4, 0.5) is 0 Å². The third-order valence-electron chi connectivity index (χ3n) is 3.58. The molecule has 0 saturated carbocycles. The lowest BCUT2D eigenvalue weighted by molar-refractivity contribution is 0.0951. The third-order valence-corrected chi connectivity index (χ3v) is 4.85. The molecule has 0 aliphatic rings. The van der Waals surface area contributed by atoms with Crippen LogP contribution in [0.1, 0.15) is 20.2 Å². The summed E-state index contributed by atoms with van der Waals surface area (Å²) in [6, 6.07) is 8.90. The van der Waals surface area contributed by atoms with E-state index in [4.69, 9.17) is 16.3 Å². The zero-order valence-electron chi connectivity index (χ0n) is 13.7. The summed E-state index contributed by atoms with van der Waals surface area (Å²) >= 11 is 7.77. The van der Waals surface area contributed by atoms with E-state index in [0.717, 1.165) is 21.1 Å². The second-order valence-corrected chi connectivity index (χ2v) is 6.97. The quantitative estimate of drug-likeness (QED) is 0.731. The number of hydrogen-bond acceptors (Lipinski definition) is 5. The topological polar surface area (TPSA) is 64.1 Å². The van der Waals surface area contributed by atoms with E-state index in [1.54, 1.807) is 43.0 Å². The number of carbonyl (C=O) groups excluding carboxylic acids is 1. The number of aromatic nitrogens is 2. The Kier molecular flexibility index (Phi) is 5.31. The molecule has 7 heteroatoms. The van der Waals surface area contributed by atoms with Crippen molar-refractivity contribution in [2.45, 2.75) is 13.5 Å². The van der Waals surface area contributed by atoms with Gasteiger partial charge in [-0.3, -0.25) is 9.78 Å². The SMILES string of the molecule is COc1ccc(-c2nc(C)sc2CNC(=O)c2ccncc2)cc1Cl. The van der Waals surface area contributed by atoms with E-state index < -0.39 is 0 Å². The number of ether oxygens (including phenoxy) is 1. The van der Waals surface area contributed by atoms with Crippen molar-refractivity contribution in [2.75, 3.05) is 7.11 Å². The highest BCUT2D eigenvalue weighted by molar-refractivity contribution is 7.12. The highest BCUT2D eigenvalue weighted by atomic mass is 35.5. The van der Waals surface area contributed by atoms with Crippen LogP contribution in [0.5, 0.6) is 5.75 Å². The minimum Gasteiger partial charge on any atom is -0.495 e. The predicted octanol–water partition coefficient (Wildman–Crippen LogP) is 4.11. The summed E-state index contributed by atoms with van der Waals surface area (Å²) in [6.07, 6.45) is 3.19. The molecule has 128 valence electrons. The van der Waals surface area contributed by atoms with Gasteiger partial charge in [0.2, 0.25) is 0 Å². The lowest BCUT2D eigenvalue weighted by Gasteiger charge is -2.07. The van der Waals surface area contributed by atoms with Gasteiger partial charge in [-0.05, 0) is 37.3 Å². The van der Waals surface area contributed by atoms with Crippen LogP contribution in [-0.4, -0.2) is 23.0 Å². The molecule has 0 saturated heterocycles. The summed E-state index contributed by atoms with van der Waals surface area (Å²) in [5, 5.41) is 4.37. The molecule has 0 aliphatic carbocycles. The van der Waals surface area contributed by atoms with Crippen molar-refractivity contribution in [3.05, 3.63) is 63.2 Å². The molecule has 0 bridgehead atoms. The molecular formula is C18H16ClN3O2S. The third kappa shape index (κ3) is 3.97. The Morgan fingerprint density at radius 2 is 2.04 bits per heavy atom. The van der Waals surface area contributed by atoms with Crippen LogP contribution in [0.25, 0.3) is 11.3 Å². The molecule has 0 atom stereocenters. The molecule has 0 fully saturated rings. The van der Waals surface area contributed by atoms with Gasteiger partial charge in [0.15, 0.2) is 0 Å². The van der Waals surface area contributed by atoms with Crippen molar-refractivity contribution in [2.24, 2.45) is 0 Å². The molecule has 0 radical (unpaired) electrons. The van der Waals surface area contributed by atoms with Crippen LogP contribution in [-0.2, 0) is 6.54 Å². The molecule has 5 nitrogen and oxygen atoms in total. The average Bonchev–Trinajstić information content (AvgIpc) is 3.01. The first-order valence-electron chi connectivity index (χ1n) is 7.57. The first kappa shape index (κ1) is 17.4. The van der Waals surface area contributed by atoms with E-state index in [0.29, 0.717) is 22.9 Å². The summed E-state index contributed by atoms with van der Waals surface area (Å²) in [6.45, 7) is 2.33. The van der Waals surface area contributed by atoms with Crippen molar-refractivity contribution in [3.63, 3.8) is 0 Å². The molecule has 0 aliphatic heterocycles. The Bertz CT molecular complexity index is 897. The standard InChI is InChI=1S/C18H16ClN3O2S/c1-11-22-17(13-3-4-15(24-2)14(19)9-13)16(25-11)10-21-18(23)12-5-7-20-8-6-12/h3-9H,10H2,1-2H3,(H,21,23). The highest BCUT2D eigenvalue weighted by Crippen LogP contribution is 2.33. The fourth-order valence-electron chi connectivity index (χ4n) is 2.39. The van der Waals surface area contributed by atoms with Crippen molar-refractivity contribution in [1.82, 2.24) is 15.3 Å². The molecule has 0 unspecified atom stereocenters. The van der Waals surface area contributed by atoms with Gasteiger partial charge in [0.25, 0.3) is 5.91 Å². The van der Waals surface area contributed by atoms with E-state index in [1.807, 2.05) is 25.1 Å². The Morgan fingerprint density at radius 3 is 2.72 bits per heavy atom. The van der Waals surface area contributed by atoms with Crippen LogP contribution in [0.3, 0.4) is 0 Å². The maximum absolute atomic E-state index is 12.2. The number of nitrogens with zero attached hydrogens (tertiary/aromatic N) is 2. The molecule has 3 rings (SSSR count). The Labute approximate surface area is 154 Å². The molecule has 0 spiro atoms. The van der Waals surface area contributed by atoms with Gasteiger partial charge < -0.3 is 10.1 Å². The van der Waals surface area contributed by atoms with Crippen LogP contribution >= 0.6 is 22.9 Å². The highest BCUT2D eigenvalue weighted by Gasteiger charge is 2.14. The molecular weight excluding hydrogens is 358 g/mol. The van der Waals surface area contributed by atoms with E-state index in [9.17, 15) is 4.79 Å². The van der Waals surface area contributed by atoms with Crippen LogP contribution in [0.2, 0.25) is 5.02 Å². The summed E-state index contributed by atoms with van der Waals surface area (Å²) in [4.78, 5) is 21.7. The number of aryl methyl sites for hydroxylation is 1. The van der Waals surface area contributed by atoms with Crippen molar-refractivity contribution < 1.29 is 9.53 Å². The normalized spacial score (nSPS) is 10.5. The number of pyridine rings is 1. The summed E-state index contributed by atoms with van der Waals surface area (Å²) in [5.74, 6) is 0.470. The Balaban J connectivity index is 1.82. The maximum Gasteiger partial charge on any atom is 0.251 e. The van der Waals surface area contributed by atoms with Gasteiger partial charge in [-0.2, -0.15) is 0 Å². The fourth-order valence-corrected chi connectivity index (χ4v) is 3.55. The maximum atomic E-state index is 12.2. The number of nitrogens with one attached hydrogen (secondary N) is 1. The van der Waals surface area contributed by atoms with Gasteiger partial charge in [-0.15, -0.1) is 11.3 Å². The van der Waals surface area contributed by atoms with Gasteiger partial charge in [0, 0.05) is 23.5 Å². The molecule has 25 heavy (non-hydrogen) atoms. The predicted molar refractivity (Wildman–Crippen MR) is 99.3 cm³/mol. The smallest absolute Gasteiger partial charge is 0.251 e.